The van der Waals surface area contributed by atoms with Gasteiger partial charge in [0.2, 0.25) is 0 Å². The van der Waals surface area contributed by atoms with Crippen LogP contribution >= 0.6 is 0 Å². The Hall–Kier alpha value is -2.97. The van der Waals surface area contributed by atoms with Gasteiger partial charge in [-0.1, -0.05) is 24.3 Å². The first-order valence-electron chi connectivity index (χ1n) is 10.0. The van der Waals surface area contributed by atoms with Crippen molar-refractivity contribution in [3.05, 3.63) is 71.0 Å². The van der Waals surface area contributed by atoms with Crippen molar-refractivity contribution in [2.24, 2.45) is 0 Å². The molecule has 0 aliphatic carbocycles. The second-order valence-electron chi connectivity index (χ2n) is 7.03. The molecular weight excluding hydrogens is 387 g/mol. The van der Waals surface area contributed by atoms with Crippen LogP contribution in [0.3, 0.4) is 0 Å². The van der Waals surface area contributed by atoms with E-state index in [1.807, 2.05) is 18.2 Å². The second-order valence-corrected chi connectivity index (χ2v) is 7.03. The quantitative estimate of drug-likeness (QED) is 0.576. The van der Waals surface area contributed by atoms with Gasteiger partial charge in [0.25, 0.3) is 5.91 Å². The number of carbonyl (C=O) groups is 2. The molecule has 3 N–H and O–H groups in total. The van der Waals surface area contributed by atoms with Crippen LogP contribution in [0.5, 0.6) is 0 Å². The molecule has 1 aliphatic heterocycles. The van der Waals surface area contributed by atoms with Gasteiger partial charge >= 0.3 is 6.03 Å². The van der Waals surface area contributed by atoms with Gasteiger partial charge in [0, 0.05) is 44.8 Å². The van der Waals surface area contributed by atoms with E-state index >= 15 is 0 Å². The fourth-order valence-corrected chi connectivity index (χ4v) is 3.18. The van der Waals surface area contributed by atoms with Crippen LogP contribution in [0.15, 0.2) is 48.5 Å². The number of rotatable bonds is 8. The summed E-state index contributed by atoms with van der Waals surface area (Å²) in [7, 11) is 0. The van der Waals surface area contributed by atoms with Gasteiger partial charge in [-0.15, -0.1) is 0 Å². The predicted octanol–water partition coefficient (Wildman–Crippen LogP) is 1.89. The number of urea groups is 1. The Balaban J connectivity index is 1.37. The van der Waals surface area contributed by atoms with Crippen LogP contribution in [-0.4, -0.2) is 56.2 Å². The maximum absolute atomic E-state index is 12.9. The number of carbonyl (C=O) groups excluding carboxylic acids is 2. The maximum Gasteiger partial charge on any atom is 0.315 e. The normalized spacial score (nSPS) is 14.2. The van der Waals surface area contributed by atoms with E-state index in [1.165, 1.54) is 29.8 Å². The first kappa shape index (κ1) is 21.7. The number of hydrogen-bond acceptors (Lipinski definition) is 4. The Labute approximate surface area is 175 Å². The van der Waals surface area contributed by atoms with Crippen molar-refractivity contribution < 1.29 is 18.7 Å². The molecule has 8 heteroatoms. The molecule has 7 nitrogen and oxygen atoms in total. The Morgan fingerprint density at radius 1 is 0.900 bits per heavy atom. The van der Waals surface area contributed by atoms with Crippen LogP contribution in [0.4, 0.5) is 9.18 Å². The summed E-state index contributed by atoms with van der Waals surface area (Å²) in [6, 6.07) is 13.1. The van der Waals surface area contributed by atoms with Crippen LogP contribution in [0.2, 0.25) is 0 Å². The van der Waals surface area contributed by atoms with E-state index in [9.17, 15) is 14.0 Å². The van der Waals surface area contributed by atoms with Crippen molar-refractivity contribution >= 4 is 11.9 Å². The summed E-state index contributed by atoms with van der Waals surface area (Å²) in [6.45, 7) is 5.14. The Bertz CT molecular complexity index is 839. The monoisotopic (exact) mass is 414 g/mol. The summed E-state index contributed by atoms with van der Waals surface area (Å²) in [5, 5.41) is 8.26. The topological polar surface area (TPSA) is 82.7 Å². The van der Waals surface area contributed by atoms with E-state index in [2.05, 4.69) is 26.9 Å². The van der Waals surface area contributed by atoms with Gasteiger partial charge in [0.15, 0.2) is 0 Å². The van der Waals surface area contributed by atoms with Crippen LogP contribution < -0.4 is 16.0 Å². The summed E-state index contributed by atoms with van der Waals surface area (Å²) in [4.78, 5) is 26.3. The summed E-state index contributed by atoms with van der Waals surface area (Å²) < 4.78 is 18.3. The lowest BCUT2D eigenvalue weighted by molar-refractivity contribution is 0.0341. The molecule has 0 unspecified atom stereocenters. The maximum atomic E-state index is 12.9. The van der Waals surface area contributed by atoms with E-state index in [0.29, 0.717) is 12.1 Å². The average Bonchev–Trinajstić information content (AvgIpc) is 2.77. The molecule has 3 rings (SSSR count). The fourth-order valence-electron chi connectivity index (χ4n) is 3.18. The molecule has 1 heterocycles. The lowest BCUT2D eigenvalue weighted by Crippen LogP contribution is -2.40. The van der Waals surface area contributed by atoms with Crippen molar-refractivity contribution in [3.63, 3.8) is 0 Å². The van der Waals surface area contributed by atoms with Gasteiger partial charge < -0.3 is 20.7 Å². The van der Waals surface area contributed by atoms with Crippen molar-refractivity contribution in [3.8, 4) is 0 Å². The van der Waals surface area contributed by atoms with Gasteiger partial charge in [-0.3, -0.25) is 9.69 Å². The first-order valence-corrected chi connectivity index (χ1v) is 10.0. The summed E-state index contributed by atoms with van der Waals surface area (Å²) in [5.41, 5.74) is 2.63. The van der Waals surface area contributed by atoms with Crippen molar-refractivity contribution in [1.82, 2.24) is 20.9 Å². The number of nitrogens with one attached hydrogen (secondary N) is 3. The highest BCUT2D eigenvalue weighted by Crippen LogP contribution is 2.13. The van der Waals surface area contributed by atoms with Gasteiger partial charge in [-0.05, 0) is 35.4 Å². The molecule has 0 spiro atoms. The van der Waals surface area contributed by atoms with Gasteiger partial charge in [-0.2, -0.15) is 0 Å². The number of benzene rings is 2. The van der Waals surface area contributed by atoms with Crippen molar-refractivity contribution in [2.75, 3.05) is 39.4 Å². The molecule has 2 aromatic rings. The SMILES string of the molecule is O=C(NCCNC(=O)c1ccc(F)cc1)NCc1ccccc1CN1CCOCC1. The minimum atomic E-state index is -0.392. The van der Waals surface area contributed by atoms with Crippen LogP contribution in [-0.2, 0) is 17.8 Å². The van der Waals surface area contributed by atoms with Crippen molar-refractivity contribution in [1.29, 1.82) is 0 Å². The minimum Gasteiger partial charge on any atom is -0.379 e. The van der Waals surface area contributed by atoms with Gasteiger partial charge in [0.1, 0.15) is 5.82 Å². The molecule has 3 amide bonds. The molecule has 0 saturated carbocycles. The van der Waals surface area contributed by atoms with E-state index in [0.717, 1.165) is 38.4 Å². The molecule has 0 aromatic heterocycles. The number of hydrogen-bond donors (Lipinski definition) is 3. The Kier molecular flexibility index (Phi) is 8.17. The third kappa shape index (κ3) is 6.82. The third-order valence-electron chi connectivity index (χ3n) is 4.86. The summed E-state index contributed by atoms with van der Waals surface area (Å²) in [5.74, 6) is -0.703. The molecule has 2 aromatic carbocycles. The largest absolute Gasteiger partial charge is 0.379 e. The minimum absolute atomic E-state index is 0.275. The van der Waals surface area contributed by atoms with E-state index in [1.54, 1.807) is 0 Å². The van der Waals surface area contributed by atoms with Gasteiger partial charge in [0.05, 0.1) is 13.2 Å². The molecule has 30 heavy (non-hydrogen) atoms. The highest BCUT2D eigenvalue weighted by atomic mass is 19.1. The highest BCUT2D eigenvalue weighted by molar-refractivity contribution is 5.94. The highest BCUT2D eigenvalue weighted by Gasteiger charge is 2.13. The Morgan fingerprint density at radius 3 is 2.30 bits per heavy atom. The Morgan fingerprint density at radius 2 is 1.57 bits per heavy atom. The zero-order valence-corrected chi connectivity index (χ0v) is 16.8. The summed E-state index contributed by atoms with van der Waals surface area (Å²) >= 11 is 0. The number of ether oxygens (including phenoxy) is 1. The zero-order chi connectivity index (χ0) is 21.2. The van der Waals surface area contributed by atoms with E-state index in [4.69, 9.17) is 4.74 Å². The van der Waals surface area contributed by atoms with E-state index < -0.39 is 5.82 Å². The molecular formula is C22H27FN4O3. The summed E-state index contributed by atoms with van der Waals surface area (Å²) in [6.07, 6.45) is 0. The number of nitrogens with zero attached hydrogens (tertiary/aromatic N) is 1. The van der Waals surface area contributed by atoms with Crippen LogP contribution in [0.1, 0.15) is 21.5 Å². The smallest absolute Gasteiger partial charge is 0.315 e. The number of amides is 3. The van der Waals surface area contributed by atoms with E-state index in [-0.39, 0.29) is 25.0 Å². The lowest BCUT2D eigenvalue weighted by atomic mass is 10.1. The predicted molar refractivity (Wildman–Crippen MR) is 112 cm³/mol. The zero-order valence-electron chi connectivity index (χ0n) is 16.8. The molecule has 0 radical (unpaired) electrons. The van der Waals surface area contributed by atoms with Gasteiger partial charge in [-0.25, -0.2) is 9.18 Å². The molecule has 1 saturated heterocycles. The standard InChI is InChI=1S/C22H27FN4O3/c23-20-7-5-17(6-8-20)21(28)24-9-10-25-22(29)26-15-18-3-1-2-4-19(18)16-27-11-13-30-14-12-27/h1-8H,9-16H2,(H,24,28)(H2,25,26,29). The molecule has 1 aliphatic rings. The lowest BCUT2D eigenvalue weighted by Gasteiger charge is -2.27. The second kappa shape index (κ2) is 11.3. The molecule has 1 fully saturated rings. The van der Waals surface area contributed by atoms with Crippen molar-refractivity contribution in [2.45, 2.75) is 13.1 Å². The van der Waals surface area contributed by atoms with Crippen LogP contribution in [0.25, 0.3) is 0 Å². The third-order valence-corrected chi connectivity index (χ3v) is 4.86. The van der Waals surface area contributed by atoms with Crippen LogP contribution in [0, 0.1) is 5.82 Å². The molecule has 160 valence electrons. The molecule has 0 bridgehead atoms. The number of morpholine rings is 1. The fraction of sp³-hybridized carbons (Fsp3) is 0.364. The molecule has 0 atom stereocenters. The average molecular weight is 414 g/mol. The number of halogens is 1. The first-order chi connectivity index (χ1) is 14.6.